The van der Waals surface area contributed by atoms with Crippen molar-refractivity contribution >= 4 is 0 Å². The average Bonchev–Trinajstić information content (AvgIpc) is 2.16. The van der Waals surface area contributed by atoms with Crippen LogP contribution >= 0.6 is 0 Å². The van der Waals surface area contributed by atoms with Crippen LogP contribution in [-0.4, -0.2) is 5.11 Å². The smallest absolute Gasteiger partial charge is 0.103 e. The van der Waals surface area contributed by atoms with Gasteiger partial charge in [0.25, 0.3) is 0 Å². The van der Waals surface area contributed by atoms with Crippen LogP contribution in [0, 0.1) is 21.7 Å². The summed E-state index contributed by atoms with van der Waals surface area (Å²) in [6.07, 6.45) is 3.19. The van der Waals surface area contributed by atoms with E-state index in [2.05, 4.69) is 75.3 Å². The highest BCUT2D eigenvalue weighted by Gasteiger charge is 2.47. The van der Waals surface area contributed by atoms with Crippen molar-refractivity contribution < 1.29 is 5.11 Å². The van der Waals surface area contributed by atoms with Crippen molar-refractivity contribution in [2.24, 2.45) is 21.7 Å². The fourth-order valence-corrected chi connectivity index (χ4v) is 2.73. The van der Waals surface area contributed by atoms with Gasteiger partial charge in [0.1, 0.15) is 5.76 Å². The molecule has 0 aliphatic heterocycles. The van der Waals surface area contributed by atoms with Crippen molar-refractivity contribution in [2.75, 3.05) is 0 Å². The first kappa shape index (κ1) is 17.3. The van der Waals surface area contributed by atoms with E-state index < -0.39 is 0 Å². The first-order valence-electron chi connectivity index (χ1n) is 7.76. The van der Waals surface area contributed by atoms with Gasteiger partial charge in [-0.25, -0.2) is 0 Å². The summed E-state index contributed by atoms with van der Waals surface area (Å²) in [5.41, 5.74) is 2.48. The Morgan fingerprint density at radius 1 is 0.900 bits per heavy atom. The van der Waals surface area contributed by atoms with Crippen molar-refractivity contribution in [3.63, 3.8) is 0 Å². The van der Waals surface area contributed by atoms with Crippen LogP contribution < -0.4 is 0 Å². The van der Waals surface area contributed by atoms with Crippen molar-refractivity contribution in [2.45, 2.75) is 75.7 Å². The van der Waals surface area contributed by atoms with E-state index in [0.29, 0.717) is 5.76 Å². The number of rotatable bonds is 0. The lowest BCUT2D eigenvalue weighted by atomic mass is 9.57. The van der Waals surface area contributed by atoms with E-state index >= 15 is 0 Å². The quantitative estimate of drug-likeness (QED) is 0.553. The Balaban J connectivity index is 3.58. The van der Waals surface area contributed by atoms with Gasteiger partial charge in [0.05, 0.1) is 0 Å². The summed E-state index contributed by atoms with van der Waals surface area (Å²) in [7, 11) is 0. The molecule has 0 heterocycles. The minimum absolute atomic E-state index is 0.0261. The molecule has 1 atom stereocenters. The molecule has 0 bridgehead atoms. The molecule has 1 aliphatic rings. The summed E-state index contributed by atoms with van der Waals surface area (Å²) in [6.45, 7) is 22.3. The molecule has 0 saturated heterocycles. The maximum absolute atomic E-state index is 11.0. The molecule has 0 radical (unpaired) electrons. The number of aliphatic hydroxyl groups is 1. The topological polar surface area (TPSA) is 20.2 Å². The van der Waals surface area contributed by atoms with Crippen LogP contribution in [-0.2, 0) is 0 Å². The Morgan fingerprint density at radius 3 is 1.65 bits per heavy atom. The number of hydrogen-bond acceptors (Lipinski definition) is 1. The molecule has 1 N–H and O–H groups in total. The van der Waals surface area contributed by atoms with E-state index in [-0.39, 0.29) is 21.7 Å². The van der Waals surface area contributed by atoms with Crippen molar-refractivity contribution in [3.8, 4) is 0 Å². The first-order valence-corrected chi connectivity index (χ1v) is 7.76. The van der Waals surface area contributed by atoms with Gasteiger partial charge in [-0.2, -0.15) is 0 Å². The number of allylic oxidation sites excluding steroid dienone is 4. The Morgan fingerprint density at radius 2 is 1.35 bits per heavy atom. The molecule has 0 aromatic rings. The third-order valence-electron chi connectivity index (χ3n) is 5.07. The molecule has 0 aromatic heterocycles. The molecule has 0 spiro atoms. The van der Waals surface area contributed by atoms with Gasteiger partial charge in [0.2, 0.25) is 0 Å². The monoisotopic (exact) mass is 278 g/mol. The zero-order chi connectivity index (χ0) is 16.1. The van der Waals surface area contributed by atoms with E-state index in [0.717, 1.165) is 12.0 Å². The lowest BCUT2D eigenvalue weighted by molar-refractivity contribution is 0.0794. The van der Waals surface area contributed by atoms with E-state index in [1.54, 1.807) is 0 Å². The SMILES string of the molecule is CC(C)(C)C1=CC(C(C)(C)C)=C(O)C(C)(C(C)(C)C)C1. The highest BCUT2D eigenvalue weighted by molar-refractivity contribution is 5.41. The number of hydrogen-bond donors (Lipinski definition) is 1. The standard InChI is InChI=1S/C19H34O/c1-16(2,3)13-11-14(17(4,5)6)15(20)19(10,12-13)18(7,8)9/h11,20H,12H2,1-10H3. The molecule has 1 heteroatoms. The molecular formula is C19H34O. The number of aliphatic hydroxyl groups excluding tert-OH is 1. The zero-order valence-corrected chi connectivity index (χ0v) is 15.2. The van der Waals surface area contributed by atoms with Gasteiger partial charge >= 0.3 is 0 Å². The van der Waals surface area contributed by atoms with Crippen LogP contribution in [0.25, 0.3) is 0 Å². The van der Waals surface area contributed by atoms with Crippen molar-refractivity contribution in [3.05, 3.63) is 23.0 Å². The lowest BCUT2D eigenvalue weighted by Crippen LogP contribution is -2.40. The Labute approximate surface area is 126 Å². The average molecular weight is 278 g/mol. The van der Waals surface area contributed by atoms with Crippen LogP contribution in [0.3, 0.4) is 0 Å². The third-order valence-corrected chi connectivity index (χ3v) is 5.07. The minimum Gasteiger partial charge on any atom is -0.511 e. The van der Waals surface area contributed by atoms with Crippen LogP contribution in [0.1, 0.15) is 75.7 Å². The molecule has 1 unspecified atom stereocenters. The lowest BCUT2D eigenvalue weighted by Gasteiger charge is -2.48. The van der Waals surface area contributed by atoms with E-state index in [1.807, 2.05) is 0 Å². The molecule has 1 nitrogen and oxygen atoms in total. The summed E-state index contributed by atoms with van der Waals surface area (Å²) in [5.74, 6) is 0.588. The van der Waals surface area contributed by atoms with E-state index in [1.165, 1.54) is 5.57 Å². The highest BCUT2D eigenvalue weighted by Crippen LogP contribution is 2.55. The first-order chi connectivity index (χ1) is 8.61. The zero-order valence-electron chi connectivity index (χ0n) is 15.2. The predicted molar refractivity (Wildman–Crippen MR) is 88.8 cm³/mol. The molecule has 0 saturated carbocycles. The van der Waals surface area contributed by atoms with Crippen LogP contribution in [0.4, 0.5) is 0 Å². The summed E-state index contributed by atoms with van der Waals surface area (Å²) in [5, 5.41) is 11.0. The Hall–Kier alpha value is -0.720. The van der Waals surface area contributed by atoms with Crippen molar-refractivity contribution in [1.29, 1.82) is 0 Å². The van der Waals surface area contributed by atoms with Gasteiger partial charge in [-0.15, -0.1) is 0 Å². The maximum Gasteiger partial charge on any atom is 0.103 e. The van der Waals surface area contributed by atoms with Crippen molar-refractivity contribution in [1.82, 2.24) is 0 Å². The van der Waals surface area contributed by atoms with Gasteiger partial charge in [0.15, 0.2) is 0 Å². The molecule has 116 valence electrons. The summed E-state index contributed by atoms with van der Waals surface area (Å²) < 4.78 is 0. The third kappa shape index (κ3) is 2.97. The van der Waals surface area contributed by atoms with Gasteiger partial charge in [-0.1, -0.05) is 80.9 Å². The molecule has 0 fully saturated rings. The summed E-state index contributed by atoms with van der Waals surface area (Å²) in [6, 6.07) is 0. The largest absolute Gasteiger partial charge is 0.511 e. The molecule has 0 aromatic carbocycles. The summed E-state index contributed by atoms with van der Waals surface area (Å²) >= 11 is 0. The Bertz CT molecular complexity index is 444. The molecule has 0 amide bonds. The van der Waals surface area contributed by atoms with Gasteiger partial charge in [-0.3, -0.25) is 0 Å². The summed E-state index contributed by atoms with van der Waals surface area (Å²) in [4.78, 5) is 0. The molecule has 1 aliphatic carbocycles. The molecular weight excluding hydrogens is 244 g/mol. The molecule has 1 rings (SSSR count). The van der Waals surface area contributed by atoms with E-state index in [9.17, 15) is 5.11 Å². The predicted octanol–water partition coefficient (Wildman–Crippen LogP) is 6.27. The highest BCUT2D eigenvalue weighted by atomic mass is 16.3. The van der Waals surface area contributed by atoms with E-state index in [4.69, 9.17) is 0 Å². The fourth-order valence-electron chi connectivity index (χ4n) is 2.73. The normalized spacial score (nSPS) is 25.8. The fraction of sp³-hybridized carbons (Fsp3) is 0.789. The van der Waals surface area contributed by atoms with Crippen LogP contribution in [0.15, 0.2) is 23.0 Å². The van der Waals surface area contributed by atoms with Gasteiger partial charge < -0.3 is 5.11 Å². The Kier molecular flexibility index (Phi) is 4.03. The van der Waals surface area contributed by atoms with Gasteiger partial charge in [-0.05, 0) is 28.2 Å². The van der Waals surface area contributed by atoms with Crippen LogP contribution in [0.5, 0.6) is 0 Å². The van der Waals surface area contributed by atoms with Gasteiger partial charge in [0, 0.05) is 5.41 Å². The van der Waals surface area contributed by atoms with Crippen LogP contribution in [0.2, 0.25) is 0 Å². The second kappa shape index (κ2) is 4.64. The molecule has 20 heavy (non-hydrogen) atoms. The second-order valence-electron chi connectivity index (χ2n) is 9.69. The minimum atomic E-state index is -0.201. The second-order valence-corrected chi connectivity index (χ2v) is 9.69. The maximum atomic E-state index is 11.0.